The first-order valence-corrected chi connectivity index (χ1v) is 9.81. The van der Waals surface area contributed by atoms with E-state index in [2.05, 4.69) is 12.2 Å². The molecule has 136 valence electrons. The Morgan fingerprint density at radius 3 is 2.38 bits per heavy atom. The molecule has 1 amide bonds. The lowest BCUT2D eigenvalue weighted by Gasteiger charge is -2.15. The van der Waals surface area contributed by atoms with Crippen LogP contribution < -0.4 is 5.32 Å². The molecule has 1 N–H and O–H groups in total. The van der Waals surface area contributed by atoms with Gasteiger partial charge in [0.05, 0.1) is 11.7 Å². The standard InChI is InChI=1S/C19H31NO3S/c1-7-10-11-14(8-2)17(21)20-18-16(19(22)23-12(4)5)15(9-3)13(6)24-18/h12,14H,7-11H2,1-6H3,(H,20,21). The van der Waals surface area contributed by atoms with Gasteiger partial charge in [-0.1, -0.05) is 33.6 Å². The Kier molecular flexibility index (Phi) is 8.46. The molecule has 1 atom stereocenters. The van der Waals surface area contributed by atoms with Crippen molar-refractivity contribution in [1.82, 2.24) is 0 Å². The molecular weight excluding hydrogens is 322 g/mol. The van der Waals surface area contributed by atoms with Gasteiger partial charge in [0.1, 0.15) is 5.00 Å². The van der Waals surface area contributed by atoms with Gasteiger partial charge in [-0.15, -0.1) is 11.3 Å². The molecule has 0 radical (unpaired) electrons. The van der Waals surface area contributed by atoms with Crippen LogP contribution in [0.5, 0.6) is 0 Å². The highest BCUT2D eigenvalue weighted by Gasteiger charge is 2.26. The first-order chi connectivity index (χ1) is 11.3. The molecule has 5 heteroatoms. The summed E-state index contributed by atoms with van der Waals surface area (Å²) in [4.78, 5) is 26.2. The molecule has 1 rings (SSSR count). The second-order valence-electron chi connectivity index (χ2n) is 6.39. The highest BCUT2D eigenvalue weighted by molar-refractivity contribution is 7.16. The number of thiophene rings is 1. The number of nitrogens with one attached hydrogen (secondary N) is 1. The van der Waals surface area contributed by atoms with Crippen molar-refractivity contribution in [2.45, 2.75) is 79.8 Å². The third-order valence-electron chi connectivity index (χ3n) is 4.12. The highest BCUT2D eigenvalue weighted by Crippen LogP contribution is 2.35. The number of carbonyl (C=O) groups excluding carboxylic acids is 2. The normalized spacial score (nSPS) is 12.3. The van der Waals surface area contributed by atoms with Crippen LogP contribution in [0.3, 0.4) is 0 Å². The second kappa shape index (κ2) is 9.82. The minimum absolute atomic E-state index is 0.00782. The number of hydrogen-bond donors (Lipinski definition) is 1. The molecule has 1 heterocycles. The summed E-state index contributed by atoms with van der Waals surface area (Å²) in [6.45, 7) is 11.8. The first-order valence-electron chi connectivity index (χ1n) is 8.99. The van der Waals surface area contributed by atoms with Gasteiger partial charge in [-0.05, 0) is 45.6 Å². The fraction of sp³-hybridized carbons (Fsp3) is 0.684. The van der Waals surface area contributed by atoms with E-state index in [9.17, 15) is 9.59 Å². The minimum atomic E-state index is -0.344. The zero-order valence-corrected chi connectivity index (χ0v) is 16.6. The quantitative estimate of drug-likeness (QED) is 0.610. The van der Waals surface area contributed by atoms with E-state index in [1.807, 2.05) is 34.6 Å². The molecule has 0 spiro atoms. The Morgan fingerprint density at radius 2 is 1.88 bits per heavy atom. The highest BCUT2D eigenvalue weighted by atomic mass is 32.1. The van der Waals surface area contributed by atoms with E-state index in [1.54, 1.807) is 0 Å². The Hall–Kier alpha value is -1.36. The summed E-state index contributed by atoms with van der Waals surface area (Å²) in [7, 11) is 0. The van der Waals surface area contributed by atoms with Gasteiger partial charge in [0.2, 0.25) is 5.91 Å². The second-order valence-corrected chi connectivity index (χ2v) is 7.61. The lowest BCUT2D eigenvalue weighted by atomic mass is 9.98. The average Bonchev–Trinajstić information content (AvgIpc) is 2.82. The van der Waals surface area contributed by atoms with Gasteiger partial charge >= 0.3 is 5.97 Å². The van der Waals surface area contributed by atoms with E-state index in [4.69, 9.17) is 4.74 Å². The van der Waals surface area contributed by atoms with Crippen LogP contribution >= 0.6 is 11.3 Å². The van der Waals surface area contributed by atoms with Crippen LogP contribution in [0.15, 0.2) is 0 Å². The number of amides is 1. The summed E-state index contributed by atoms with van der Waals surface area (Å²) in [5.74, 6) is -0.344. The molecule has 1 unspecified atom stereocenters. The Labute approximate surface area is 150 Å². The maximum Gasteiger partial charge on any atom is 0.341 e. The maximum atomic E-state index is 12.6. The number of aryl methyl sites for hydroxylation is 1. The van der Waals surface area contributed by atoms with Gasteiger partial charge < -0.3 is 10.1 Å². The minimum Gasteiger partial charge on any atom is -0.459 e. The average molecular weight is 354 g/mol. The van der Waals surface area contributed by atoms with Gasteiger partial charge in [-0.3, -0.25) is 4.79 Å². The summed E-state index contributed by atoms with van der Waals surface area (Å²) in [5, 5.41) is 3.63. The van der Waals surface area contributed by atoms with Crippen LogP contribution in [0.2, 0.25) is 0 Å². The Balaban J connectivity index is 3.06. The van der Waals surface area contributed by atoms with Gasteiger partial charge in [-0.25, -0.2) is 4.79 Å². The largest absolute Gasteiger partial charge is 0.459 e. The summed E-state index contributed by atoms with van der Waals surface area (Å²) in [5.41, 5.74) is 1.51. The van der Waals surface area contributed by atoms with E-state index in [1.165, 1.54) is 11.3 Å². The maximum absolute atomic E-state index is 12.6. The predicted molar refractivity (Wildman–Crippen MR) is 101 cm³/mol. The van der Waals surface area contributed by atoms with Crippen LogP contribution in [-0.2, 0) is 16.0 Å². The Morgan fingerprint density at radius 1 is 1.21 bits per heavy atom. The van der Waals surface area contributed by atoms with Crippen molar-refractivity contribution < 1.29 is 14.3 Å². The summed E-state index contributed by atoms with van der Waals surface area (Å²) in [6, 6.07) is 0. The molecule has 24 heavy (non-hydrogen) atoms. The molecule has 0 saturated heterocycles. The topological polar surface area (TPSA) is 55.4 Å². The third kappa shape index (κ3) is 5.33. The van der Waals surface area contributed by atoms with E-state index in [0.29, 0.717) is 10.6 Å². The van der Waals surface area contributed by atoms with Crippen LogP contribution in [0.1, 0.15) is 81.1 Å². The van der Waals surface area contributed by atoms with Gasteiger partial charge in [0.25, 0.3) is 0 Å². The lowest BCUT2D eigenvalue weighted by Crippen LogP contribution is -2.23. The third-order valence-corrected chi connectivity index (χ3v) is 5.18. The molecule has 0 aliphatic rings. The fourth-order valence-electron chi connectivity index (χ4n) is 2.77. The number of ether oxygens (including phenoxy) is 1. The van der Waals surface area contributed by atoms with Crippen molar-refractivity contribution in [3.63, 3.8) is 0 Å². The summed E-state index contributed by atoms with van der Waals surface area (Å²) < 4.78 is 5.38. The van der Waals surface area contributed by atoms with E-state index < -0.39 is 0 Å². The SMILES string of the molecule is CCCCC(CC)C(=O)Nc1sc(C)c(CC)c1C(=O)OC(C)C. The van der Waals surface area contributed by atoms with Gasteiger partial charge in [0, 0.05) is 10.8 Å². The molecule has 0 aliphatic carbocycles. The summed E-state index contributed by atoms with van der Waals surface area (Å²) >= 11 is 1.47. The van der Waals surface area contributed by atoms with Gasteiger partial charge in [0.15, 0.2) is 0 Å². The predicted octanol–water partition coefficient (Wildman–Crippen LogP) is 5.34. The molecule has 0 bridgehead atoms. The van der Waals surface area contributed by atoms with Crippen LogP contribution in [0.25, 0.3) is 0 Å². The molecule has 0 aromatic carbocycles. The monoisotopic (exact) mass is 353 g/mol. The molecule has 0 fully saturated rings. The number of carbonyl (C=O) groups is 2. The van der Waals surface area contributed by atoms with E-state index in [-0.39, 0.29) is 23.9 Å². The lowest BCUT2D eigenvalue weighted by molar-refractivity contribution is -0.120. The van der Waals surface area contributed by atoms with Gasteiger partial charge in [-0.2, -0.15) is 0 Å². The molecular formula is C19H31NO3S. The van der Waals surface area contributed by atoms with Crippen molar-refractivity contribution in [1.29, 1.82) is 0 Å². The van der Waals surface area contributed by atoms with Crippen LogP contribution in [0, 0.1) is 12.8 Å². The van der Waals surface area contributed by atoms with Crippen LogP contribution in [-0.4, -0.2) is 18.0 Å². The molecule has 1 aromatic heterocycles. The van der Waals surface area contributed by atoms with Crippen LogP contribution in [0.4, 0.5) is 5.00 Å². The molecule has 4 nitrogen and oxygen atoms in total. The fourth-order valence-corrected chi connectivity index (χ4v) is 3.90. The van der Waals surface area contributed by atoms with Crippen molar-refractivity contribution in [2.24, 2.45) is 5.92 Å². The number of esters is 1. The number of rotatable bonds is 9. The molecule has 0 saturated carbocycles. The summed E-state index contributed by atoms with van der Waals surface area (Å²) in [6.07, 6.45) is 4.37. The zero-order chi connectivity index (χ0) is 18.3. The van der Waals surface area contributed by atoms with Crippen molar-refractivity contribution in [2.75, 3.05) is 5.32 Å². The molecule has 1 aromatic rings. The van der Waals surface area contributed by atoms with E-state index >= 15 is 0 Å². The smallest absolute Gasteiger partial charge is 0.341 e. The number of unbranched alkanes of at least 4 members (excludes halogenated alkanes) is 1. The zero-order valence-electron chi connectivity index (χ0n) is 15.8. The first kappa shape index (κ1) is 20.7. The number of anilines is 1. The Bertz CT molecular complexity index is 563. The molecule has 0 aliphatic heterocycles. The van der Waals surface area contributed by atoms with E-state index in [0.717, 1.165) is 42.5 Å². The van der Waals surface area contributed by atoms with Crippen molar-refractivity contribution >= 4 is 28.2 Å². The number of hydrogen-bond acceptors (Lipinski definition) is 4. The van der Waals surface area contributed by atoms with Crippen molar-refractivity contribution in [3.8, 4) is 0 Å². The van der Waals surface area contributed by atoms with Crippen molar-refractivity contribution in [3.05, 3.63) is 16.0 Å².